The molecule has 20 heavy (non-hydrogen) atoms. The van der Waals surface area contributed by atoms with Crippen molar-refractivity contribution in [2.75, 3.05) is 13.1 Å². The van der Waals surface area contributed by atoms with E-state index in [4.69, 9.17) is 0 Å². The minimum Gasteiger partial charge on any atom is -0.353 e. The summed E-state index contributed by atoms with van der Waals surface area (Å²) in [5, 5.41) is 2.82. The van der Waals surface area contributed by atoms with E-state index >= 15 is 0 Å². The summed E-state index contributed by atoms with van der Waals surface area (Å²) in [5.74, 6) is -1.89. The zero-order valence-electron chi connectivity index (χ0n) is 12.0. The number of alkyl halides is 3. The Balaban J connectivity index is 2.40. The monoisotopic (exact) mass is 294 g/mol. The number of nitrogens with one attached hydrogen (secondary N) is 1. The Kier molecular flexibility index (Phi) is 5.05. The lowest BCUT2D eigenvalue weighted by Crippen LogP contribution is -2.50. The highest BCUT2D eigenvalue weighted by atomic mass is 19.4. The van der Waals surface area contributed by atoms with E-state index in [1.165, 1.54) is 0 Å². The summed E-state index contributed by atoms with van der Waals surface area (Å²) in [6.45, 7) is 5.88. The van der Waals surface area contributed by atoms with Gasteiger partial charge in [0.15, 0.2) is 0 Å². The lowest BCUT2D eigenvalue weighted by atomic mass is 9.91. The maximum atomic E-state index is 12.3. The van der Waals surface area contributed by atoms with E-state index in [-0.39, 0.29) is 30.5 Å². The largest absolute Gasteiger partial charge is 0.471 e. The molecular formula is C13H21F3N2O2. The molecule has 1 aliphatic rings. The molecule has 4 nitrogen and oxygen atoms in total. The number of carbonyl (C=O) groups is 2. The summed E-state index contributed by atoms with van der Waals surface area (Å²) in [5.41, 5.74) is -0.128. The topological polar surface area (TPSA) is 49.4 Å². The van der Waals surface area contributed by atoms with E-state index in [0.717, 1.165) is 4.90 Å². The standard InChI is InChI=1S/C13H21F3N2O2/c1-12(2,3)8-10(19)17-9-4-6-18(7-5-9)11(20)13(14,15)16/h9H,4-8H2,1-3H3,(H,17,19). The predicted molar refractivity (Wildman–Crippen MR) is 67.9 cm³/mol. The van der Waals surface area contributed by atoms with Gasteiger partial charge in [0.25, 0.3) is 0 Å². The van der Waals surface area contributed by atoms with Crippen LogP contribution >= 0.6 is 0 Å². The van der Waals surface area contributed by atoms with E-state index < -0.39 is 12.1 Å². The first-order valence-electron chi connectivity index (χ1n) is 6.64. The molecule has 0 aromatic carbocycles. The SMILES string of the molecule is CC(C)(C)CC(=O)NC1CCN(C(=O)C(F)(F)F)CC1. The molecule has 1 heterocycles. The van der Waals surface area contributed by atoms with Crippen LogP contribution in [0, 0.1) is 5.41 Å². The lowest BCUT2D eigenvalue weighted by molar-refractivity contribution is -0.186. The van der Waals surface area contributed by atoms with Crippen molar-refractivity contribution in [2.24, 2.45) is 5.41 Å². The molecule has 116 valence electrons. The molecule has 1 fully saturated rings. The van der Waals surface area contributed by atoms with E-state index in [9.17, 15) is 22.8 Å². The first kappa shape index (κ1) is 16.8. The quantitative estimate of drug-likeness (QED) is 0.848. The van der Waals surface area contributed by atoms with Crippen molar-refractivity contribution in [1.82, 2.24) is 10.2 Å². The molecule has 0 aromatic rings. The molecule has 0 unspecified atom stereocenters. The number of hydrogen-bond donors (Lipinski definition) is 1. The van der Waals surface area contributed by atoms with Gasteiger partial charge in [0.05, 0.1) is 0 Å². The van der Waals surface area contributed by atoms with Crippen LogP contribution in [0.1, 0.15) is 40.0 Å². The third-order valence-electron chi connectivity index (χ3n) is 3.08. The molecule has 0 aromatic heterocycles. The molecule has 7 heteroatoms. The summed E-state index contributed by atoms with van der Waals surface area (Å²) in [6, 6.07) is -0.151. The van der Waals surface area contributed by atoms with Crippen molar-refractivity contribution in [2.45, 2.75) is 52.3 Å². The van der Waals surface area contributed by atoms with E-state index in [2.05, 4.69) is 5.32 Å². The molecule has 1 aliphatic heterocycles. The zero-order valence-corrected chi connectivity index (χ0v) is 12.0. The van der Waals surface area contributed by atoms with Gasteiger partial charge in [-0.3, -0.25) is 9.59 Å². The highest BCUT2D eigenvalue weighted by Crippen LogP contribution is 2.22. The van der Waals surface area contributed by atoms with Crippen LogP contribution in [0.15, 0.2) is 0 Å². The zero-order chi connectivity index (χ0) is 15.6. The maximum Gasteiger partial charge on any atom is 0.471 e. The molecule has 1 N–H and O–H groups in total. The molecule has 0 aliphatic carbocycles. The van der Waals surface area contributed by atoms with Gasteiger partial charge in [-0.15, -0.1) is 0 Å². The van der Waals surface area contributed by atoms with Crippen molar-refractivity contribution in [3.63, 3.8) is 0 Å². The van der Waals surface area contributed by atoms with E-state index in [1.54, 1.807) is 0 Å². The van der Waals surface area contributed by atoms with Gasteiger partial charge in [0, 0.05) is 25.6 Å². The number of nitrogens with zero attached hydrogens (tertiary/aromatic N) is 1. The Morgan fingerprint density at radius 1 is 1.15 bits per heavy atom. The van der Waals surface area contributed by atoms with Crippen LogP contribution in [0.5, 0.6) is 0 Å². The van der Waals surface area contributed by atoms with Crippen molar-refractivity contribution in [3.8, 4) is 0 Å². The molecule has 0 spiro atoms. The summed E-state index contributed by atoms with van der Waals surface area (Å²) < 4.78 is 36.8. The molecular weight excluding hydrogens is 273 g/mol. The second-order valence-corrected chi connectivity index (χ2v) is 6.37. The second kappa shape index (κ2) is 6.01. The Morgan fingerprint density at radius 2 is 1.65 bits per heavy atom. The summed E-state index contributed by atoms with van der Waals surface area (Å²) in [7, 11) is 0. The molecule has 0 saturated carbocycles. The van der Waals surface area contributed by atoms with Crippen molar-refractivity contribution >= 4 is 11.8 Å². The number of amides is 2. The number of likely N-dealkylation sites (tertiary alicyclic amines) is 1. The van der Waals surface area contributed by atoms with Crippen LogP contribution in [-0.2, 0) is 9.59 Å². The van der Waals surface area contributed by atoms with Gasteiger partial charge in [-0.2, -0.15) is 13.2 Å². The van der Waals surface area contributed by atoms with Crippen LogP contribution in [0.4, 0.5) is 13.2 Å². The minimum atomic E-state index is -4.82. The lowest BCUT2D eigenvalue weighted by Gasteiger charge is -2.33. The highest BCUT2D eigenvalue weighted by molar-refractivity contribution is 5.82. The summed E-state index contributed by atoms with van der Waals surface area (Å²) >= 11 is 0. The number of halogens is 3. The average molecular weight is 294 g/mol. The van der Waals surface area contributed by atoms with Gasteiger partial charge in [0.1, 0.15) is 0 Å². The van der Waals surface area contributed by atoms with Crippen molar-refractivity contribution in [3.05, 3.63) is 0 Å². The van der Waals surface area contributed by atoms with Gasteiger partial charge >= 0.3 is 12.1 Å². The average Bonchev–Trinajstić information content (AvgIpc) is 2.25. The predicted octanol–water partition coefficient (Wildman–Crippen LogP) is 2.09. The number of carbonyl (C=O) groups excluding carboxylic acids is 2. The Hall–Kier alpha value is -1.27. The van der Waals surface area contributed by atoms with Crippen molar-refractivity contribution in [1.29, 1.82) is 0 Å². The van der Waals surface area contributed by atoms with E-state index in [1.807, 2.05) is 20.8 Å². The molecule has 2 amide bonds. The van der Waals surface area contributed by atoms with Crippen LogP contribution in [0.2, 0.25) is 0 Å². The number of piperidine rings is 1. The smallest absolute Gasteiger partial charge is 0.353 e. The summed E-state index contributed by atoms with van der Waals surface area (Å²) in [4.78, 5) is 23.6. The Bertz CT molecular complexity index is 367. The summed E-state index contributed by atoms with van der Waals surface area (Å²) in [6.07, 6.45) is -3.73. The van der Waals surface area contributed by atoms with Gasteiger partial charge in [-0.25, -0.2) is 0 Å². The van der Waals surface area contributed by atoms with E-state index in [0.29, 0.717) is 19.3 Å². The maximum absolute atomic E-state index is 12.3. The van der Waals surface area contributed by atoms with Crippen LogP contribution in [0.25, 0.3) is 0 Å². The highest BCUT2D eigenvalue weighted by Gasteiger charge is 2.43. The fraction of sp³-hybridized carbons (Fsp3) is 0.846. The van der Waals surface area contributed by atoms with Gasteiger partial charge in [-0.1, -0.05) is 20.8 Å². The van der Waals surface area contributed by atoms with Gasteiger partial charge in [-0.05, 0) is 18.3 Å². The van der Waals surface area contributed by atoms with Crippen LogP contribution in [0.3, 0.4) is 0 Å². The molecule has 0 atom stereocenters. The normalized spacial score (nSPS) is 18.0. The minimum absolute atomic E-state index is 0.0266. The molecule has 1 rings (SSSR count). The second-order valence-electron chi connectivity index (χ2n) is 6.37. The molecule has 0 bridgehead atoms. The van der Waals surface area contributed by atoms with Gasteiger partial charge in [0.2, 0.25) is 5.91 Å². The fourth-order valence-electron chi connectivity index (χ4n) is 2.17. The third-order valence-corrected chi connectivity index (χ3v) is 3.08. The van der Waals surface area contributed by atoms with Crippen LogP contribution < -0.4 is 5.32 Å². The fourth-order valence-corrected chi connectivity index (χ4v) is 2.17. The number of rotatable bonds is 2. The first-order chi connectivity index (χ1) is 8.99. The Labute approximate surface area is 116 Å². The molecule has 1 saturated heterocycles. The third kappa shape index (κ3) is 5.38. The first-order valence-corrected chi connectivity index (χ1v) is 6.64. The van der Waals surface area contributed by atoms with Crippen molar-refractivity contribution < 1.29 is 22.8 Å². The number of hydrogen-bond acceptors (Lipinski definition) is 2. The van der Waals surface area contributed by atoms with Gasteiger partial charge < -0.3 is 10.2 Å². The molecule has 0 radical (unpaired) electrons. The van der Waals surface area contributed by atoms with Crippen LogP contribution in [-0.4, -0.2) is 42.0 Å². The Morgan fingerprint density at radius 3 is 2.05 bits per heavy atom.